The number of non-ortho nitro benzene ring substituents is 1. The zero-order chi connectivity index (χ0) is 29.9. The van der Waals surface area contributed by atoms with Crippen LogP contribution in [0.3, 0.4) is 0 Å². The summed E-state index contributed by atoms with van der Waals surface area (Å²) < 4.78 is 49.7. The maximum Gasteiger partial charge on any atom is 0.276 e. The average molecular weight is 602 g/mol. The van der Waals surface area contributed by atoms with Crippen molar-refractivity contribution in [2.45, 2.75) is 38.1 Å². The summed E-state index contributed by atoms with van der Waals surface area (Å²) >= 11 is 6.19. The molecule has 0 saturated carbocycles. The van der Waals surface area contributed by atoms with Gasteiger partial charge in [-0.25, -0.2) is 17.5 Å². The molecule has 0 fully saturated rings. The molecule has 0 aliphatic heterocycles. The molecule has 0 unspecified atom stereocenters. The Morgan fingerprint density at radius 2 is 1.88 bits per heavy atom. The van der Waals surface area contributed by atoms with Gasteiger partial charge in [0, 0.05) is 34.4 Å². The van der Waals surface area contributed by atoms with Gasteiger partial charge in [0.05, 0.1) is 10.6 Å². The fourth-order valence-corrected chi connectivity index (χ4v) is 5.40. The van der Waals surface area contributed by atoms with Crippen molar-refractivity contribution < 1.29 is 27.3 Å². The molecule has 14 heteroatoms. The second-order valence-electron chi connectivity index (χ2n) is 9.05. The van der Waals surface area contributed by atoms with E-state index in [9.17, 15) is 27.7 Å². The van der Waals surface area contributed by atoms with Crippen LogP contribution in [-0.4, -0.2) is 35.1 Å². The zero-order valence-corrected chi connectivity index (χ0v) is 23.7. The number of sulfonamides is 1. The van der Waals surface area contributed by atoms with Crippen molar-refractivity contribution in [1.29, 1.82) is 0 Å². The molecular formula is C27H25ClFN5O6S. The van der Waals surface area contributed by atoms with E-state index in [2.05, 4.69) is 15.1 Å². The minimum atomic E-state index is -4.27. The monoisotopic (exact) mass is 601 g/mol. The molecule has 0 spiro atoms. The van der Waals surface area contributed by atoms with Crippen LogP contribution >= 0.6 is 11.6 Å². The second-order valence-corrected chi connectivity index (χ2v) is 11.2. The molecule has 4 aromatic rings. The Morgan fingerprint density at radius 3 is 2.51 bits per heavy atom. The Hall–Kier alpha value is -4.33. The zero-order valence-electron chi connectivity index (χ0n) is 22.1. The van der Waals surface area contributed by atoms with Crippen LogP contribution in [0.15, 0.2) is 71.6 Å². The molecule has 1 heterocycles. The fourth-order valence-electron chi connectivity index (χ4n) is 3.74. The SMILES string of the molecule is CC[C@@H](C)NS(=O)(=O)c1cc([N+](=O)[O-])ccc1Oc1c(C)c(C(=O)Nc2ccc(F)cc2)nn1-c1cccc(Cl)c1. The summed E-state index contributed by atoms with van der Waals surface area (Å²) in [6.45, 7) is 4.98. The van der Waals surface area contributed by atoms with Crippen molar-refractivity contribution in [2.75, 3.05) is 5.32 Å². The number of carbonyl (C=O) groups is 1. The van der Waals surface area contributed by atoms with Crippen molar-refractivity contribution >= 4 is 38.9 Å². The standard InChI is InChI=1S/C27H25ClFN5O6S/c1-4-16(2)32-41(38,39)24-15-22(34(36)37)12-13-23(24)40-27-17(3)25(26(35)30-20-10-8-19(29)9-11-20)31-33(27)21-7-5-6-18(28)14-21/h5-16,32H,4H2,1-3H3,(H,30,35)/t16-/m1/s1. The van der Waals surface area contributed by atoms with Gasteiger partial charge in [-0.15, -0.1) is 0 Å². The number of halogens is 2. The number of hydrogen-bond acceptors (Lipinski definition) is 7. The van der Waals surface area contributed by atoms with Gasteiger partial charge in [-0.05, 0) is 68.8 Å². The number of hydrogen-bond donors (Lipinski definition) is 2. The Kier molecular flexibility index (Phi) is 8.71. The quantitative estimate of drug-likeness (QED) is 0.167. The van der Waals surface area contributed by atoms with Gasteiger partial charge in [0.1, 0.15) is 16.5 Å². The Balaban J connectivity index is 1.84. The highest BCUT2D eigenvalue weighted by Crippen LogP contribution is 2.36. The first kappa shape index (κ1) is 29.6. The Labute approximate surface area is 240 Å². The maximum atomic E-state index is 13.3. The van der Waals surface area contributed by atoms with Gasteiger partial charge in [-0.3, -0.25) is 14.9 Å². The Morgan fingerprint density at radius 1 is 1.17 bits per heavy atom. The smallest absolute Gasteiger partial charge is 0.276 e. The predicted molar refractivity (Wildman–Crippen MR) is 151 cm³/mol. The number of nitrogens with zero attached hydrogens (tertiary/aromatic N) is 3. The summed E-state index contributed by atoms with van der Waals surface area (Å²) in [4.78, 5) is 23.5. The molecule has 0 saturated heterocycles. The minimum absolute atomic E-state index is 0.0367. The topological polar surface area (TPSA) is 145 Å². The van der Waals surface area contributed by atoms with E-state index in [-0.39, 0.29) is 22.9 Å². The third-order valence-corrected chi connectivity index (χ3v) is 7.89. The van der Waals surface area contributed by atoms with E-state index in [0.717, 1.165) is 18.2 Å². The predicted octanol–water partition coefficient (Wildman–Crippen LogP) is 6.00. The fraction of sp³-hybridized carbons (Fsp3) is 0.185. The molecular weight excluding hydrogens is 577 g/mol. The minimum Gasteiger partial charge on any atom is -0.437 e. The first-order chi connectivity index (χ1) is 19.4. The average Bonchev–Trinajstić information content (AvgIpc) is 3.25. The molecule has 214 valence electrons. The summed E-state index contributed by atoms with van der Waals surface area (Å²) in [7, 11) is -4.27. The van der Waals surface area contributed by atoms with Crippen LogP contribution in [0.1, 0.15) is 36.3 Å². The van der Waals surface area contributed by atoms with Crippen LogP contribution < -0.4 is 14.8 Å². The summed E-state index contributed by atoms with van der Waals surface area (Å²) in [5.41, 5.74) is 0.395. The van der Waals surface area contributed by atoms with Crippen LogP contribution in [0, 0.1) is 22.9 Å². The number of carbonyl (C=O) groups excluding carboxylic acids is 1. The van der Waals surface area contributed by atoms with Crippen molar-refractivity contribution in [3.8, 4) is 17.3 Å². The number of nitro groups is 1. The molecule has 0 aliphatic rings. The van der Waals surface area contributed by atoms with Crippen molar-refractivity contribution in [3.63, 3.8) is 0 Å². The number of benzene rings is 3. The summed E-state index contributed by atoms with van der Waals surface area (Å²) in [5, 5.41) is 18.9. The highest BCUT2D eigenvalue weighted by molar-refractivity contribution is 7.89. The summed E-state index contributed by atoms with van der Waals surface area (Å²) in [6.07, 6.45) is 0.470. The number of nitrogens with one attached hydrogen (secondary N) is 2. The van der Waals surface area contributed by atoms with Crippen LogP contribution in [-0.2, 0) is 10.0 Å². The number of nitro benzene ring substituents is 1. The number of rotatable bonds is 10. The number of ether oxygens (including phenoxy) is 1. The van der Waals surface area contributed by atoms with Gasteiger partial charge in [-0.1, -0.05) is 24.6 Å². The van der Waals surface area contributed by atoms with Gasteiger partial charge in [0.15, 0.2) is 5.69 Å². The van der Waals surface area contributed by atoms with Crippen molar-refractivity contribution in [1.82, 2.24) is 14.5 Å². The molecule has 3 aromatic carbocycles. The van der Waals surface area contributed by atoms with Crippen LogP contribution in [0.2, 0.25) is 5.02 Å². The van der Waals surface area contributed by atoms with E-state index < -0.39 is 43.3 Å². The van der Waals surface area contributed by atoms with Gasteiger partial charge < -0.3 is 10.1 Å². The molecule has 2 N–H and O–H groups in total. The number of anilines is 1. The van der Waals surface area contributed by atoms with E-state index in [4.69, 9.17) is 16.3 Å². The third kappa shape index (κ3) is 6.70. The molecule has 4 rings (SSSR count). The van der Waals surface area contributed by atoms with Crippen LogP contribution in [0.5, 0.6) is 11.6 Å². The molecule has 0 aliphatic carbocycles. The number of aromatic nitrogens is 2. The molecule has 0 radical (unpaired) electrons. The molecule has 1 aromatic heterocycles. The lowest BCUT2D eigenvalue weighted by molar-refractivity contribution is -0.385. The maximum absolute atomic E-state index is 13.3. The van der Waals surface area contributed by atoms with Crippen molar-refractivity contribution in [3.05, 3.63) is 98.9 Å². The largest absolute Gasteiger partial charge is 0.437 e. The lowest BCUT2D eigenvalue weighted by Gasteiger charge is -2.16. The first-order valence-electron chi connectivity index (χ1n) is 12.3. The summed E-state index contributed by atoms with van der Waals surface area (Å²) in [6, 6.07) is 14.3. The second kappa shape index (κ2) is 12.0. The van der Waals surface area contributed by atoms with Gasteiger partial charge >= 0.3 is 0 Å². The highest BCUT2D eigenvalue weighted by atomic mass is 35.5. The van der Waals surface area contributed by atoms with Gasteiger partial charge in [0.25, 0.3) is 11.6 Å². The van der Waals surface area contributed by atoms with Gasteiger partial charge in [-0.2, -0.15) is 9.78 Å². The highest BCUT2D eigenvalue weighted by Gasteiger charge is 2.28. The first-order valence-corrected chi connectivity index (χ1v) is 14.2. The van der Waals surface area contributed by atoms with Crippen molar-refractivity contribution in [2.24, 2.45) is 0 Å². The lowest BCUT2D eigenvalue weighted by Crippen LogP contribution is -2.32. The number of amides is 1. The third-order valence-electron chi connectivity index (χ3n) is 6.04. The van der Waals surface area contributed by atoms with E-state index in [1.165, 1.54) is 28.9 Å². The van der Waals surface area contributed by atoms with Crippen LogP contribution in [0.25, 0.3) is 5.69 Å². The molecule has 0 bridgehead atoms. The molecule has 1 amide bonds. The summed E-state index contributed by atoms with van der Waals surface area (Å²) in [5.74, 6) is -1.39. The Bertz CT molecular complexity index is 1730. The van der Waals surface area contributed by atoms with Gasteiger partial charge in [0.2, 0.25) is 15.9 Å². The molecule has 1 atom stereocenters. The van der Waals surface area contributed by atoms with E-state index in [0.29, 0.717) is 22.8 Å². The normalized spacial score (nSPS) is 12.1. The van der Waals surface area contributed by atoms with E-state index >= 15 is 0 Å². The van der Waals surface area contributed by atoms with E-state index in [1.807, 2.05) is 0 Å². The van der Waals surface area contributed by atoms with E-state index in [1.54, 1.807) is 45.0 Å². The molecule has 41 heavy (non-hydrogen) atoms. The molecule has 11 nitrogen and oxygen atoms in total. The van der Waals surface area contributed by atoms with Crippen LogP contribution in [0.4, 0.5) is 15.8 Å². The lowest BCUT2D eigenvalue weighted by atomic mass is 10.2.